The van der Waals surface area contributed by atoms with Gasteiger partial charge in [0.25, 0.3) is 5.91 Å². The molecule has 10 nitrogen and oxygen atoms in total. The zero-order valence-corrected chi connectivity index (χ0v) is 15.8. The van der Waals surface area contributed by atoms with Gasteiger partial charge in [-0.25, -0.2) is 9.07 Å². The molecule has 0 saturated heterocycles. The van der Waals surface area contributed by atoms with Crippen molar-refractivity contribution < 1.29 is 18.8 Å². The van der Waals surface area contributed by atoms with Gasteiger partial charge in [-0.05, 0) is 32.0 Å². The molecule has 0 aliphatic carbocycles. The van der Waals surface area contributed by atoms with E-state index in [9.17, 15) is 19.3 Å². The number of ether oxygens (including phenoxy) is 1. The molecular weight excluding hydrogens is 383 g/mol. The number of nitrogens with one attached hydrogen (secondary N) is 1. The third-order valence-electron chi connectivity index (χ3n) is 4.12. The van der Waals surface area contributed by atoms with E-state index < -0.39 is 16.6 Å². The highest BCUT2D eigenvalue weighted by atomic mass is 19.1. The van der Waals surface area contributed by atoms with Crippen molar-refractivity contribution in [2.75, 3.05) is 0 Å². The number of nitro benzene ring substituents is 1. The van der Waals surface area contributed by atoms with Crippen LogP contribution in [0.25, 0.3) is 0 Å². The third kappa shape index (κ3) is 4.75. The Bertz CT molecular complexity index is 1030. The third-order valence-corrected chi connectivity index (χ3v) is 4.12. The van der Waals surface area contributed by atoms with Gasteiger partial charge in [-0.15, -0.1) is 0 Å². The number of carbonyl (C=O) groups excluding carboxylic acids is 1. The van der Waals surface area contributed by atoms with Crippen molar-refractivity contribution in [1.29, 1.82) is 0 Å². The van der Waals surface area contributed by atoms with Crippen molar-refractivity contribution >= 4 is 11.6 Å². The Labute approximate surface area is 165 Å². The summed E-state index contributed by atoms with van der Waals surface area (Å²) in [5.41, 5.74) is 0.502. The summed E-state index contributed by atoms with van der Waals surface area (Å²) >= 11 is 0. The van der Waals surface area contributed by atoms with Gasteiger partial charge in [-0.2, -0.15) is 10.2 Å². The lowest BCUT2D eigenvalue weighted by Crippen LogP contribution is -2.27. The van der Waals surface area contributed by atoms with Crippen LogP contribution in [-0.4, -0.2) is 30.4 Å². The predicted octanol–water partition coefficient (Wildman–Crippen LogP) is 2.67. The molecule has 1 atom stereocenters. The number of aryl methyl sites for hydroxylation is 1. The van der Waals surface area contributed by atoms with Crippen LogP contribution >= 0.6 is 0 Å². The summed E-state index contributed by atoms with van der Waals surface area (Å²) in [5, 5.41) is 22.2. The molecule has 152 valence electrons. The average molecular weight is 402 g/mol. The summed E-state index contributed by atoms with van der Waals surface area (Å²) in [4.78, 5) is 22.7. The number of nitrogens with zero attached hydrogens (tertiary/aromatic N) is 5. The molecule has 1 unspecified atom stereocenters. The highest BCUT2D eigenvalue weighted by Gasteiger charge is 2.18. The van der Waals surface area contributed by atoms with Crippen molar-refractivity contribution in [3.63, 3.8) is 0 Å². The van der Waals surface area contributed by atoms with Crippen LogP contribution < -0.4 is 10.1 Å². The van der Waals surface area contributed by atoms with Crippen molar-refractivity contribution in [1.82, 2.24) is 24.9 Å². The lowest BCUT2D eigenvalue weighted by molar-refractivity contribution is -0.386. The molecule has 2 heterocycles. The van der Waals surface area contributed by atoms with Crippen molar-refractivity contribution in [3.8, 4) is 5.75 Å². The van der Waals surface area contributed by atoms with E-state index in [1.807, 2.05) is 26.1 Å². The van der Waals surface area contributed by atoms with Crippen LogP contribution in [0.1, 0.15) is 36.1 Å². The second-order valence-electron chi connectivity index (χ2n) is 6.17. The van der Waals surface area contributed by atoms with Gasteiger partial charge in [0.2, 0.25) is 5.75 Å². The molecule has 0 aliphatic heterocycles. The first-order valence-electron chi connectivity index (χ1n) is 8.81. The maximum atomic E-state index is 13.3. The molecule has 0 aliphatic rings. The second kappa shape index (κ2) is 8.50. The molecular formula is C18H19FN6O4. The quantitative estimate of drug-likeness (QED) is 0.457. The number of rotatable bonds is 8. The minimum Gasteiger partial charge on any atom is -0.464 e. The number of benzene rings is 1. The van der Waals surface area contributed by atoms with Gasteiger partial charge in [0, 0.05) is 31.1 Å². The van der Waals surface area contributed by atoms with E-state index in [0.29, 0.717) is 0 Å². The summed E-state index contributed by atoms with van der Waals surface area (Å²) in [6, 6.07) is 5.92. The average Bonchev–Trinajstić information content (AvgIpc) is 3.35. The summed E-state index contributed by atoms with van der Waals surface area (Å²) < 4.78 is 21.7. The zero-order valence-electron chi connectivity index (χ0n) is 15.8. The number of aromatic nitrogens is 4. The highest BCUT2D eigenvalue weighted by molar-refractivity contribution is 5.92. The number of hydrogen-bond donors (Lipinski definition) is 1. The van der Waals surface area contributed by atoms with E-state index >= 15 is 0 Å². The minimum atomic E-state index is -0.669. The number of halogens is 1. The molecule has 0 radical (unpaired) electrons. The summed E-state index contributed by atoms with van der Waals surface area (Å²) in [7, 11) is 0. The standard InChI is InChI=1S/C18H19FN6O4/c1-3-23-8-6-14(21-23)12(2)20-18(26)15-7-9-24(22-15)11-29-17-10-13(19)4-5-16(17)25(27)28/h4-10,12H,3,11H2,1-2H3,(H,20,26). The van der Waals surface area contributed by atoms with Crippen LogP contribution in [0, 0.1) is 15.9 Å². The maximum absolute atomic E-state index is 13.3. The molecule has 0 spiro atoms. The minimum absolute atomic E-state index is 0.143. The fourth-order valence-electron chi connectivity index (χ4n) is 2.57. The molecule has 0 fully saturated rings. The fraction of sp³-hybridized carbons (Fsp3) is 0.278. The van der Waals surface area contributed by atoms with Crippen LogP contribution in [0.5, 0.6) is 5.75 Å². The lowest BCUT2D eigenvalue weighted by Gasteiger charge is -2.10. The van der Waals surface area contributed by atoms with E-state index in [4.69, 9.17) is 4.74 Å². The molecule has 0 saturated carbocycles. The summed E-state index contributed by atoms with van der Waals surface area (Å²) in [6.45, 7) is 4.28. The maximum Gasteiger partial charge on any atom is 0.311 e. The van der Waals surface area contributed by atoms with Crippen molar-refractivity contribution in [2.45, 2.75) is 33.2 Å². The van der Waals surface area contributed by atoms with Gasteiger partial charge in [-0.3, -0.25) is 19.6 Å². The van der Waals surface area contributed by atoms with Crippen molar-refractivity contribution in [2.24, 2.45) is 0 Å². The Kier molecular flexibility index (Phi) is 5.86. The molecule has 0 bridgehead atoms. The van der Waals surface area contributed by atoms with Crippen molar-refractivity contribution in [3.05, 3.63) is 70.0 Å². The molecule has 29 heavy (non-hydrogen) atoms. The number of amides is 1. The molecule has 1 aromatic carbocycles. The van der Waals surface area contributed by atoms with E-state index in [-0.39, 0.29) is 29.9 Å². The zero-order chi connectivity index (χ0) is 21.0. The van der Waals surface area contributed by atoms with E-state index in [1.54, 1.807) is 4.68 Å². The van der Waals surface area contributed by atoms with E-state index in [1.165, 1.54) is 16.9 Å². The first kappa shape index (κ1) is 20.0. The number of carbonyl (C=O) groups is 1. The van der Waals surface area contributed by atoms with Gasteiger partial charge < -0.3 is 10.1 Å². The second-order valence-corrected chi connectivity index (χ2v) is 6.17. The lowest BCUT2D eigenvalue weighted by atomic mass is 10.2. The van der Waals surface area contributed by atoms with Gasteiger partial charge in [0.15, 0.2) is 6.73 Å². The molecule has 1 N–H and O–H groups in total. The molecule has 1 amide bonds. The fourth-order valence-corrected chi connectivity index (χ4v) is 2.57. The highest BCUT2D eigenvalue weighted by Crippen LogP contribution is 2.27. The normalized spacial score (nSPS) is 11.8. The number of nitro groups is 1. The smallest absolute Gasteiger partial charge is 0.311 e. The Hall–Kier alpha value is -3.76. The monoisotopic (exact) mass is 402 g/mol. The number of hydrogen-bond acceptors (Lipinski definition) is 6. The largest absolute Gasteiger partial charge is 0.464 e. The van der Waals surface area contributed by atoms with Crippen LogP contribution in [0.2, 0.25) is 0 Å². The molecule has 3 rings (SSSR count). The topological polar surface area (TPSA) is 117 Å². The summed E-state index contributed by atoms with van der Waals surface area (Å²) in [6.07, 6.45) is 3.31. The van der Waals surface area contributed by atoms with Crippen LogP contribution in [-0.2, 0) is 13.3 Å². The SMILES string of the molecule is CCn1ccc(C(C)NC(=O)c2ccn(COc3cc(F)ccc3[N+](=O)[O-])n2)n1. The Morgan fingerprint density at radius 1 is 1.28 bits per heavy atom. The van der Waals surface area contributed by atoms with E-state index in [2.05, 4.69) is 15.5 Å². The van der Waals surface area contributed by atoms with E-state index in [0.717, 1.165) is 30.4 Å². The van der Waals surface area contributed by atoms with Crippen LogP contribution in [0.15, 0.2) is 42.7 Å². The summed E-state index contributed by atoms with van der Waals surface area (Å²) in [5.74, 6) is -1.29. The predicted molar refractivity (Wildman–Crippen MR) is 99.7 cm³/mol. The molecule has 11 heteroatoms. The van der Waals surface area contributed by atoms with Crippen LogP contribution in [0.3, 0.4) is 0 Å². The molecule has 2 aromatic heterocycles. The first-order chi connectivity index (χ1) is 13.9. The first-order valence-corrected chi connectivity index (χ1v) is 8.81. The Balaban J connectivity index is 1.62. The van der Waals surface area contributed by atoms with Gasteiger partial charge in [0.05, 0.1) is 16.7 Å². The van der Waals surface area contributed by atoms with Crippen LogP contribution in [0.4, 0.5) is 10.1 Å². The Morgan fingerprint density at radius 3 is 2.72 bits per heavy atom. The van der Waals surface area contributed by atoms with Gasteiger partial charge >= 0.3 is 5.69 Å². The van der Waals surface area contributed by atoms with Gasteiger partial charge in [0.1, 0.15) is 11.5 Å². The Morgan fingerprint density at radius 2 is 2.03 bits per heavy atom. The molecule has 3 aromatic rings. The van der Waals surface area contributed by atoms with Gasteiger partial charge in [-0.1, -0.05) is 0 Å².